The molecule has 3 N–H and O–H groups in total. The third kappa shape index (κ3) is 9.28. The zero-order valence-corrected chi connectivity index (χ0v) is 35.1. The van der Waals surface area contributed by atoms with E-state index in [4.69, 9.17) is 4.42 Å². The molecule has 0 spiro atoms. The molecule has 7 heterocycles. The molecule has 1 saturated carbocycles. The van der Waals surface area contributed by atoms with E-state index in [2.05, 4.69) is 35.9 Å². The summed E-state index contributed by atoms with van der Waals surface area (Å²) in [5, 5.41) is 12.4. The van der Waals surface area contributed by atoms with Gasteiger partial charge in [0.2, 0.25) is 23.6 Å². The van der Waals surface area contributed by atoms with Gasteiger partial charge in [-0.1, -0.05) is 6.07 Å². The van der Waals surface area contributed by atoms with Gasteiger partial charge in [-0.3, -0.25) is 43.2 Å². The number of carbonyl (C=O) groups is 4. The van der Waals surface area contributed by atoms with Crippen LogP contribution in [0.15, 0.2) is 58.2 Å². The molecule has 3 aliphatic heterocycles. The van der Waals surface area contributed by atoms with Gasteiger partial charge in [-0.25, -0.2) is 23.5 Å². The van der Waals surface area contributed by atoms with E-state index < -0.39 is 30.0 Å². The van der Waals surface area contributed by atoms with Crippen LogP contribution in [0.25, 0.3) is 22.5 Å². The average Bonchev–Trinajstić information content (AvgIpc) is 3.70. The van der Waals surface area contributed by atoms with Crippen LogP contribution >= 0.6 is 0 Å². The topological polar surface area (TPSA) is 195 Å². The number of halogens is 2. The standard InChI is InChI=1S/C44H51F2N11O6/c1-53-35-20-28(4-6-33(35)57(44(53)62)34-7-8-37(58)51-42(34)61)23-54-16-11-26(12-17-54)5-9-38(59)55-18-13-30(14-19-55)56-24-31(39(52-56)40(45)46)49-41(60)32-25-63-43(50-32)29-10-15-47-36(21-29)48-22-27-2-3-27/h4,6,10,15,20-21,24-27,30,34,40H,2-3,5,7-9,11-14,16-19,22-23H2,1H3,(H,47,48)(H,49,60)(H,51,58,61). The van der Waals surface area contributed by atoms with Crippen LogP contribution in [0.4, 0.5) is 20.3 Å². The molecule has 5 aromatic rings. The molecule has 0 bridgehead atoms. The quantitative estimate of drug-likeness (QED) is 0.121. The Morgan fingerprint density at radius 2 is 1.75 bits per heavy atom. The number of oxazole rings is 1. The lowest BCUT2D eigenvalue weighted by atomic mass is 9.91. The van der Waals surface area contributed by atoms with Crippen molar-refractivity contribution in [2.24, 2.45) is 18.9 Å². The second-order valence-electron chi connectivity index (χ2n) is 17.3. The Morgan fingerprint density at radius 1 is 0.952 bits per heavy atom. The van der Waals surface area contributed by atoms with Crippen LogP contribution in [0.2, 0.25) is 0 Å². The summed E-state index contributed by atoms with van der Waals surface area (Å²) >= 11 is 0. The number of fused-ring (bicyclic) bond motifs is 1. The number of carbonyl (C=O) groups excluding carboxylic acids is 4. The van der Waals surface area contributed by atoms with Crippen molar-refractivity contribution in [3.8, 4) is 11.5 Å². The van der Waals surface area contributed by atoms with Gasteiger partial charge in [-0.05, 0) is 106 Å². The lowest BCUT2D eigenvalue weighted by Gasteiger charge is -2.34. The molecule has 9 rings (SSSR count). The van der Waals surface area contributed by atoms with Gasteiger partial charge in [0.05, 0.1) is 22.8 Å². The molecular formula is C44H51F2N11O6. The number of imide groups is 1. The van der Waals surface area contributed by atoms with E-state index in [-0.39, 0.29) is 53.7 Å². The van der Waals surface area contributed by atoms with Gasteiger partial charge < -0.3 is 20.0 Å². The van der Waals surface area contributed by atoms with Crippen LogP contribution in [0.1, 0.15) is 104 Å². The number of anilines is 2. The molecule has 19 heteroatoms. The molecule has 4 amide bonds. The SMILES string of the molecule is Cn1c(=O)n(C2CCC(=O)NC2=O)c2ccc(CN3CCC(CCC(=O)N4CCC(n5cc(NC(=O)c6coc(-c7ccnc(NCC8CC8)c7)n6)c(C(F)F)n5)CC4)CC3)cc21. The van der Waals surface area contributed by atoms with Crippen LogP contribution in [0, 0.1) is 11.8 Å². The minimum atomic E-state index is -2.92. The van der Waals surface area contributed by atoms with Gasteiger partial charge in [0.15, 0.2) is 11.4 Å². The fourth-order valence-electron chi connectivity index (χ4n) is 9.07. The van der Waals surface area contributed by atoms with Crippen molar-refractivity contribution >= 4 is 46.2 Å². The highest BCUT2D eigenvalue weighted by Gasteiger charge is 2.32. The zero-order valence-electron chi connectivity index (χ0n) is 35.1. The number of nitrogens with one attached hydrogen (secondary N) is 3. The Kier molecular flexibility index (Phi) is 11.9. The Hall–Kier alpha value is -6.24. The summed E-state index contributed by atoms with van der Waals surface area (Å²) in [7, 11) is 1.69. The number of pyridine rings is 1. The number of rotatable bonds is 14. The van der Waals surface area contributed by atoms with Crippen LogP contribution in [-0.4, -0.2) is 95.0 Å². The molecule has 3 saturated heterocycles. The first kappa shape index (κ1) is 42.1. The van der Waals surface area contributed by atoms with Gasteiger partial charge in [-0.2, -0.15) is 5.10 Å². The largest absolute Gasteiger partial charge is 0.444 e. The first-order valence-corrected chi connectivity index (χ1v) is 21.9. The number of imidazole rings is 1. The Bertz CT molecular complexity index is 2580. The van der Waals surface area contributed by atoms with Crippen molar-refractivity contribution in [2.45, 2.75) is 89.3 Å². The number of alkyl halides is 2. The molecule has 0 radical (unpaired) electrons. The van der Waals surface area contributed by atoms with Crippen LogP contribution in [0.3, 0.4) is 0 Å². The van der Waals surface area contributed by atoms with Crippen LogP contribution in [0.5, 0.6) is 0 Å². The molecule has 1 unspecified atom stereocenters. The Labute approximate surface area is 361 Å². The summed E-state index contributed by atoms with van der Waals surface area (Å²) in [5.41, 5.74) is 2.09. The number of nitrogens with zero attached hydrogens (tertiary/aromatic N) is 8. The van der Waals surface area contributed by atoms with Crippen LogP contribution in [-0.2, 0) is 28.0 Å². The number of piperidine rings is 3. The molecule has 332 valence electrons. The van der Waals surface area contributed by atoms with E-state index in [1.165, 1.54) is 34.6 Å². The molecule has 4 aliphatic rings. The minimum absolute atomic E-state index is 0.0646. The number of benzene rings is 1. The summed E-state index contributed by atoms with van der Waals surface area (Å²) in [4.78, 5) is 76.7. The highest BCUT2D eigenvalue weighted by Crippen LogP contribution is 2.33. The molecular weight excluding hydrogens is 817 g/mol. The number of aryl methyl sites for hydroxylation is 1. The average molecular weight is 868 g/mol. The predicted molar refractivity (Wildman–Crippen MR) is 227 cm³/mol. The lowest BCUT2D eigenvalue weighted by molar-refractivity contribution is -0.136. The van der Waals surface area contributed by atoms with Crippen molar-refractivity contribution in [2.75, 3.05) is 43.4 Å². The Morgan fingerprint density at radius 3 is 2.49 bits per heavy atom. The smallest absolute Gasteiger partial charge is 0.329 e. The second-order valence-corrected chi connectivity index (χ2v) is 17.3. The van der Waals surface area contributed by atoms with Gasteiger partial charge in [-0.15, -0.1) is 0 Å². The van der Waals surface area contributed by atoms with Gasteiger partial charge in [0, 0.05) is 64.0 Å². The van der Waals surface area contributed by atoms with Crippen molar-refractivity contribution in [3.05, 3.63) is 76.4 Å². The van der Waals surface area contributed by atoms with Crippen LogP contribution < -0.4 is 21.6 Å². The molecule has 1 aromatic carbocycles. The number of hydrogen-bond donors (Lipinski definition) is 3. The first-order valence-electron chi connectivity index (χ1n) is 21.9. The lowest BCUT2D eigenvalue weighted by Crippen LogP contribution is -2.44. The highest BCUT2D eigenvalue weighted by molar-refractivity contribution is 6.03. The van der Waals surface area contributed by atoms with E-state index in [9.17, 15) is 32.8 Å². The third-order valence-electron chi connectivity index (χ3n) is 13.0. The number of aromatic nitrogens is 6. The van der Waals surface area contributed by atoms with Crippen molar-refractivity contribution < 1.29 is 32.4 Å². The fraction of sp³-hybridized carbons (Fsp3) is 0.500. The summed E-state index contributed by atoms with van der Waals surface area (Å²) in [6.07, 6.45) is 8.45. The Balaban J connectivity index is 0.729. The zero-order chi connectivity index (χ0) is 43.8. The van der Waals surface area contributed by atoms with Crippen molar-refractivity contribution in [1.82, 2.24) is 44.0 Å². The predicted octanol–water partition coefficient (Wildman–Crippen LogP) is 5.43. The maximum atomic E-state index is 14.2. The van der Waals surface area contributed by atoms with E-state index in [1.54, 1.807) is 29.9 Å². The normalized spacial score (nSPS) is 19.2. The maximum Gasteiger partial charge on any atom is 0.329 e. The molecule has 1 atom stereocenters. The van der Waals surface area contributed by atoms with Gasteiger partial charge in [0.25, 0.3) is 12.3 Å². The van der Waals surface area contributed by atoms with Crippen molar-refractivity contribution in [3.63, 3.8) is 0 Å². The number of hydrogen-bond acceptors (Lipinski definition) is 11. The third-order valence-corrected chi connectivity index (χ3v) is 13.0. The summed E-state index contributed by atoms with van der Waals surface area (Å²) in [6.45, 7) is 4.28. The van der Waals surface area contributed by atoms with Crippen molar-refractivity contribution in [1.29, 1.82) is 0 Å². The van der Waals surface area contributed by atoms with E-state index in [0.717, 1.165) is 50.0 Å². The van der Waals surface area contributed by atoms with E-state index in [0.29, 0.717) is 67.6 Å². The molecule has 1 aliphatic carbocycles. The monoisotopic (exact) mass is 867 g/mol. The fourth-order valence-corrected chi connectivity index (χ4v) is 9.07. The van der Waals surface area contributed by atoms with E-state index in [1.807, 2.05) is 23.1 Å². The number of amides is 4. The highest BCUT2D eigenvalue weighted by atomic mass is 19.3. The summed E-state index contributed by atoms with van der Waals surface area (Å²) in [6, 6.07) is 8.42. The number of likely N-dealkylation sites (tertiary alicyclic amines) is 2. The molecule has 17 nitrogen and oxygen atoms in total. The molecule has 4 fully saturated rings. The summed E-state index contributed by atoms with van der Waals surface area (Å²) in [5.74, 6) is 0.561. The second kappa shape index (κ2) is 17.9. The first-order chi connectivity index (χ1) is 30.5. The molecule has 63 heavy (non-hydrogen) atoms. The minimum Gasteiger partial charge on any atom is -0.444 e. The van der Waals surface area contributed by atoms with Gasteiger partial charge >= 0.3 is 5.69 Å². The van der Waals surface area contributed by atoms with Gasteiger partial charge in [0.1, 0.15) is 18.1 Å². The summed E-state index contributed by atoms with van der Waals surface area (Å²) < 4.78 is 38.4. The molecule has 4 aromatic heterocycles. The maximum absolute atomic E-state index is 14.2. The van der Waals surface area contributed by atoms with E-state index >= 15 is 0 Å².